The largest absolute Gasteiger partial charge is 0.493 e. The van der Waals surface area contributed by atoms with Crippen molar-refractivity contribution in [3.8, 4) is 34.6 Å². The number of nitrogens with zero attached hydrogens (tertiary/aromatic N) is 4. The summed E-state index contributed by atoms with van der Waals surface area (Å²) in [7, 11) is 3.01. The second-order valence-corrected chi connectivity index (χ2v) is 12.6. The maximum absolute atomic E-state index is 11.7. The highest BCUT2D eigenvalue weighted by atomic mass is 35.5. The molecule has 11 nitrogen and oxygen atoms in total. The summed E-state index contributed by atoms with van der Waals surface area (Å²) in [5, 5.41) is 10.2. The highest BCUT2D eigenvalue weighted by Gasteiger charge is 2.33. The van der Waals surface area contributed by atoms with Crippen molar-refractivity contribution in [1.82, 2.24) is 19.8 Å². The highest BCUT2D eigenvalue weighted by Crippen LogP contribution is 2.50. The number of aromatic nitrogens is 2. The van der Waals surface area contributed by atoms with Gasteiger partial charge in [-0.05, 0) is 56.2 Å². The van der Waals surface area contributed by atoms with Gasteiger partial charge in [0.1, 0.15) is 18.4 Å². The zero-order valence-electron chi connectivity index (χ0n) is 27.1. The van der Waals surface area contributed by atoms with Gasteiger partial charge in [-0.2, -0.15) is 9.97 Å². The highest BCUT2D eigenvalue weighted by molar-refractivity contribution is 6.34. The maximum atomic E-state index is 11.7. The molecule has 2 saturated heterocycles. The van der Waals surface area contributed by atoms with Crippen molar-refractivity contribution in [2.75, 3.05) is 60.2 Å². The molecule has 0 bridgehead atoms. The molecule has 12 heteroatoms. The van der Waals surface area contributed by atoms with Crippen molar-refractivity contribution in [3.63, 3.8) is 0 Å². The maximum Gasteiger partial charge on any atom is 0.323 e. The van der Waals surface area contributed by atoms with E-state index in [1.54, 1.807) is 0 Å². The lowest BCUT2D eigenvalue weighted by Gasteiger charge is -2.26. The second-order valence-electron chi connectivity index (χ2n) is 12.2. The Morgan fingerprint density at radius 3 is 2.40 bits per heavy atom. The third-order valence-electron chi connectivity index (χ3n) is 9.06. The number of morpholine rings is 1. The van der Waals surface area contributed by atoms with E-state index in [4.69, 9.17) is 35.3 Å². The topological polar surface area (TPSA) is 116 Å². The second kappa shape index (κ2) is 15.5. The first-order valence-corrected chi connectivity index (χ1v) is 16.8. The van der Waals surface area contributed by atoms with Crippen LogP contribution in [0.2, 0.25) is 5.02 Å². The van der Waals surface area contributed by atoms with Crippen LogP contribution in [0.3, 0.4) is 0 Å². The van der Waals surface area contributed by atoms with Crippen LogP contribution < -0.4 is 18.9 Å². The van der Waals surface area contributed by atoms with E-state index in [9.17, 15) is 9.90 Å². The molecule has 2 aromatic carbocycles. The Hall–Kier alpha value is -3.64. The number of ether oxygens (including phenoxy) is 5. The third kappa shape index (κ3) is 7.92. The molecule has 3 aromatic rings. The van der Waals surface area contributed by atoms with Gasteiger partial charge in [-0.15, -0.1) is 0 Å². The van der Waals surface area contributed by atoms with E-state index < -0.39 is 12.0 Å². The Morgan fingerprint density at radius 2 is 1.70 bits per heavy atom. The smallest absolute Gasteiger partial charge is 0.323 e. The lowest BCUT2D eigenvalue weighted by atomic mass is 9.94. The number of likely N-dealkylation sites (tertiary alicyclic amines) is 1. The molecule has 1 aliphatic carbocycles. The van der Waals surface area contributed by atoms with Gasteiger partial charge in [0.2, 0.25) is 11.8 Å². The summed E-state index contributed by atoms with van der Waals surface area (Å²) >= 11 is 7.07. The Labute approximate surface area is 280 Å². The van der Waals surface area contributed by atoms with Crippen LogP contribution in [-0.2, 0) is 22.7 Å². The van der Waals surface area contributed by atoms with Gasteiger partial charge >= 0.3 is 12.0 Å². The quantitative estimate of drug-likeness (QED) is 0.210. The van der Waals surface area contributed by atoms with Crippen molar-refractivity contribution < 1.29 is 33.6 Å². The molecule has 252 valence electrons. The SMILES string of the molecule is COc1nc(OCc2cccc(-c3cccc(OCCCN4CCOCC4)c3C3CC3)c2Cl)nc(OC)c1CN1CCC[C@H]1C(=O)O. The van der Waals surface area contributed by atoms with Crippen LogP contribution in [0.1, 0.15) is 54.7 Å². The number of hydrogen-bond acceptors (Lipinski definition) is 10. The average Bonchev–Trinajstić information content (AvgIpc) is 3.83. The fraction of sp³-hybridized carbons (Fsp3) is 0.514. The number of aliphatic carboxylic acids is 1. The van der Waals surface area contributed by atoms with E-state index in [1.807, 2.05) is 29.2 Å². The molecule has 1 saturated carbocycles. The summed E-state index contributed by atoms with van der Waals surface area (Å²) in [5.41, 5.74) is 4.59. The van der Waals surface area contributed by atoms with E-state index in [0.717, 1.165) is 81.0 Å². The van der Waals surface area contributed by atoms with Gasteiger partial charge in [0.05, 0.1) is 44.6 Å². The number of halogens is 1. The predicted octanol–water partition coefficient (Wildman–Crippen LogP) is 5.42. The molecule has 0 radical (unpaired) electrons. The van der Waals surface area contributed by atoms with Gasteiger partial charge in [-0.25, -0.2) is 0 Å². The van der Waals surface area contributed by atoms with Gasteiger partial charge in [0.15, 0.2) is 0 Å². The molecule has 1 N–H and O–H groups in total. The van der Waals surface area contributed by atoms with Crippen LogP contribution in [0, 0.1) is 0 Å². The minimum Gasteiger partial charge on any atom is -0.493 e. The molecule has 47 heavy (non-hydrogen) atoms. The van der Waals surface area contributed by atoms with Gasteiger partial charge in [-0.1, -0.05) is 41.9 Å². The van der Waals surface area contributed by atoms with Crippen LogP contribution in [0.15, 0.2) is 36.4 Å². The minimum atomic E-state index is -0.844. The van der Waals surface area contributed by atoms with Crippen LogP contribution in [-0.4, -0.2) is 97.1 Å². The summed E-state index contributed by atoms with van der Waals surface area (Å²) in [6.45, 7) is 6.30. The van der Waals surface area contributed by atoms with Crippen molar-refractivity contribution >= 4 is 17.6 Å². The number of carboxylic acids is 1. The number of carbonyl (C=O) groups is 1. The number of carboxylic acid groups (broad SMARTS) is 1. The fourth-order valence-electron chi connectivity index (χ4n) is 6.50. The molecule has 6 rings (SSSR count). The Morgan fingerprint density at radius 1 is 0.979 bits per heavy atom. The van der Waals surface area contributed by atoms with E-state index in [0.29, 0.717) is 36.1 Å². The lowest BCUT2D eigenvalue weighted by Crippen LogP contribution is -2.37. The summed E-state index contributed by atoms with van der Waals surface area (Å²) < 4.78 is 29.0. The number of hydrogen-bond donors (Lipinski definition) is 1. The Bertz CT molecular complexity index is 1520. The third-order valence-corrected chi connectivity index (χ3v) is 9.51. The molecule has 2 aliphatic heterocycles. The van der Waals surface area contributed by atoms with Gasteiger partial charge in [-0.3, -0.25) is 14.6 Å². The molecule has 3 fully saturated rings. The number of benzene rings is 2. The molecule has 0 amide bonds. The minimum absolute atomic E-state index is 0.0753. The molecule has 1 atom stereocenters. The average molecular weight is 667 g/mol. The molecule has 1 aromatic heterocycles. The molecule has 3 heterocycles. The fourth-order valence-corrected chi connectivity index (χ4v) is 6.78. The molecule has 3 aliphatic rings. The molecular formula is C35H43ClN4O7. The summed E-state index contributed by atoms with van der Waals surface area (Å²) in [5.74, 6) is 1.09. The van der Waals surface area contributed by atoms with Crippen LogP contribution >= 0.6 is 11.6 Å². The van der Waals surface area contributed by atoms with Crippen LogP contribution in [0.5, 0.6) is 23.5 Å². The van der Waals surface area contributed by atoms with Crippen molar-refractivity contribution in [3.05, 3.63) is 58.1 Å². The van der Waals surface area contributed by atoms with Gasteiger partial charge in [0.25, 0.3) is 0 Å². The van der Waals surface area contributed by atoms with E-state index in [-0.39, 0.29) is 30.9 Å². The van der Waals surface area contributed by atoms with Crippen molar-refractivity contribution in [2.45, 2.75) is 57.2 Å². The zero-order chi connectivity index (χ0) is 32.8. The molecule has 0 unspecified atom stereocenters. The van der Waals surface area contributed by atoms with Gasteiger partial charge in [0, 0.05) is 42.9 Å². The van der Waals surface area contributed by atoms with E-state index in [2.05, 4.69) is 27.0 Å². The normalized spacial score (nSPS) is 18.7. The van der Waals surface area contributed by atoms with Crippen LogP contribution in [0.4, 0.5) is 0 Å². The van der Waals surface area contributed by atoms with Crippen molar-refractivity contribution in [2.24, 2.45) is 0 Å². The monoisotopic (exact) mass is 666 g/mol. The lowest BCUT2D eigenvalue weighted by molar-refractivity contribution is -0.142. The van der Waals surface area contributed by atoms with Crippen molar-refractivity contribution in [1.29, 1.82) is 0 Å². The predicted molar refractivity (Wildman–Crippen MR) is 177 cm³/mol. The zero-order valence-corrected chi connectivity index (χ0v) is 27.8. The van der Waals surface area contributed by atoms with E-state index in [1.165, 1.54) is 19.8 Å². The standard InChI is InChI=1S/C35H43ClN4O7/c1-43-32-27(21-40-15-5-10-28(40)34(41)42)33(44-2)38-35(37-32)47-22-24-7-3-9-26(31(24)36)25-8-4-11-29(30(25)23-12-13-23)46-18-6-14-39-16-19-45-20-17-39/h3-4,7-9,11,23,28H,5-6,10,12-22H2,1-2H3,(H,41,42)/t28-/m0/s1. The summed E-state index contributed by atoms with van der Waals surface area (Å²) in [4.78, 5) is 25.0. The molecule has 0 spiro atoms. The Kier molecular flexibility index (Phi) is 11.0. The number of methoxy groups -OCH3 is 2. The summed E-state index contributed by atoms with van der Waals surface area (Å²) in [6.07, 6.45) is 4.62. The summed E-state index contributed by atoms with van der Waals surface area (Å²) in [6, 6.07) is 11.7. The molecular weight excluding hydrogens is 624 g/mol. The van der Waals surface area contributed by atoms with Gasteiger partial charge < -0.3 is 28.8 Å². The first kappa shape index (κ1) is 33.3. The van der Waals surface area contributed by atoms with Crippen LogP contribution in [0.25, 0.3) is 11.1 Å². The first-order chi connectivity index (χ1) is 23.0. The number of rotatable bonds is 15. The van der Waals surface area contributed by atoms with E-state index >= 15 is 0 Å². The Balaban J connectivity index is 1.17. The first-order valence-electron chi connectivity index (χ1n) is 16.4.